The molecule has 120 valence electrons. The SMILES string of the molecule is O=C(N(c1ccccc1)c1ccccc1)n1cc(F)c(=O)[nH]c1=O. The standard InChI is InChI=1S/C17H12FN3O3/c18-14-11-20(16(23)19-15(14)22)17(24)21(12-7-3-1-4-8-12)13-9-5-2-6-10-13/h1-11H,(H,19,22,23). The van der Waals surface area contributed by atoms with Crippen LogP contribution in [0.25, 0.3) is 0 Å². The summed E-state index contributed by atoms with van der Waals surface area (Å²) in [6.45, 7) is 0. The van der Waals surface area contributed by atoms with Gasteiger partial charge in [-0.05, 0) is 24.3 Å². The molecule has 0 bridgehead atoms. The number of halogens is 1. The molecule has 2 aromatic carbocycles. The van der Waals surface area contributed by atoms with E-state index in [2.05, 4.69) is 0 Å². The molecule has 6 nitrogen and oxygen atoms in total. The summed E-state index contributed by atoms with van der Waals surface area (Å²) < 4.78 is 14.0. The fraction of sp³-hybridized carbons (Fsp3) is 0. The van der Waals surface area contributed by atoms with Crippen LogP contribution < -0.4 is 16.1 Å². The van der Waals surface area contributed by atoms with Crippen LogP contribution in [0, 0.1) is 5.82 Å². The second kappa shape index (κ2) is 6.33. The number of benzene rings is 2. The topological polar surface area (TPSA) is 75.2 Å². The van der Waals surface area contributed by atoms with Gasteiger partial charge in [0.05, 0.1) is 17.6 Å². The molecule has 0 aliphatic heterocycles. The number of carbonyl (C=O) groups excluding carboxylic acids is 1. The molecular formula is C17H12FN3O3. The van der Waals surface area contributed by atoms with Crippen molar-refractivity contribution in [2.75, 3.05) is 4.90 Å². The number of para-hydroxylation sites is 2. The number of aromatic nitrogens is 2. The molecule has 24 heavy (non-hydrogen) atoms. The molecule has 3 rings (SSSR count). The van der Waals surface area contributed by atoms with E-state index in [1.807, 2.05) is 0 Å². The maximum atomic E-state index is 13.5. The fourth-order valence-corrected chi connectivity index (χ4v) is 2.22. The van der Waals surface area contributed by atoms with Gasteiger partial charge in [-0.15, -0.1) is 0 Å². The summed E-state index contributed by atoms with van der Waals surface area (Å²) in [7, 11) is 0. The lowest BCUT2D eigenvalue weighted by atomic mass is 10.2. The molecule has 7 heteroatoms. The van der Waals surface area contributed by atoms with Crippen LogP contribution in [0.4, 0.5) is 20.6 Å². The van der Waals surface area contributed by atoms with Crippen molar-refractivity contribution in [1.82, 2.24) is 9.55 Å². The predicted octanol–water partition coefficient (Wildman–Crippen LogP) is 2.48. The molecule has 0 unspecified atom stereocenters. The first-order valence-electron chi connectivity index (χ1n) is 7.04. The van der Waals surface area contributed by atoms with Crippen LogP contribution in [-0.2, 0) is 0 Å². The van der Waals surface area contributed by atoms with Crippen molar-refractivity contribution in [3.63, 3.8) is 0 Å². The van der Waals surface area contributed by atoms with Crippen molar-refractivity contribution in [1.29, 1.82) is 0 Å². The maximum absolute atomic E-state index is 13.5. The smallest absolute Gasteiger partial charge is 0.271 e. The third-order valence-corrected chi connectivity index (χ3v) is 3.32. The van der Waals surface area contributed by atoms with Gasteiger partial charge in [0.2, 0.25) is 5.82 Å². The Kier molecular flexibility index (Phi) is 4.07. The normalized spacial score (nSPS) is 10.4. The lowest BCUT2D eigenvalue weighted by Gasteiger charge is -2.23. The van der Waals surface area contributed by atoms with Gasteiger partial charge >= 0.3 is 11.7 Å². The lowest BCUT2D eigenvalue weighted by molar-refractivity contribution is 0.248. The Hall–Kier alpha value is -3.48. The van der Waals surface area contributed by atoms with Gasteiger partial charge in [0, 0.05) is 0 Å². The number of amides is 1. The molecule has 1 N–H and O–H groups in total. The number of carbonyl (C=O) groups is 1. The zero-order chi connectivity index (χ0) is 17.1. The lowest BCUT2D eigenvalue weighted by Crippen LogP contribution is -2.41. The van der Waals surface area contributed by atoms with Crippen molar-refractivity contribution in [3.05, 3.63) is 93.5 Å². The summed E-state index contributed by atoms with van der Waals surface area (Å²) in [6.07, 6.45) is 0.586. The van der Waals surface area contributed by atoms with E-state index in [0.29, 0.717) is 22.1 Å². The third kappa shape index (κ3) is 2.87. The zero-order valence-corrected chi connectivity index (χ0v) is 12.3. The summed E-state index contributed by atoms with van der Waals surface area (Å²) >= 11 is 0. The minimum Gasteiger partial charge on any atom is -0.271 e. The molecule has 0 spiro atoms. The number of H-pyrrole nitrogens is 1. The van der Waals surface area contributed by atoms with E-state index < -0.39 is 23.1 Å². The van der Waals surface area contributed by atoms with E-state index in [1.165, 1.54) is 4.90 Å². The van der Waals surface area contributed by atoms with Crippen LogP contribution in [0.15, 0.2) is 76.4 Å². The quantitative estimate of drug-likeness (QED) is 0.786. The Morgan fingerprint density at radius 2 is 1.42 bits per heavy atom. The van der Waals surface area contributed by atoms with Crippen LogP contribution in [0.2, 0.25) is 0 Å². The average molecular weight is 325 g/mol. The van der Waals surface area contributed by atoms with Crippen molar-refractivity contribution in [2.24, 2.45) is 0 Å². The number of nitrogens with one attached hydrogen (secondary N) is 1. The number of nitrogens with zero attached hydrogens (tertiary/aromatic N) is 2. The van der Waals surface area contributed by atoms with Crippen LogP contribution >= 0.6 is 0 Å². The van der Waals surface area contributed by atoms with E-state index in [0.717, 1.165) is 0 Å². The van der Waals surface area contributed by atoms with Gasteiger partial charge in [0.15, 0.2) is 0 Å². The highest BCUT2D eigenvalue weighted by molar-refractivity contribution is 6.00. The minimum atomic E-state index is -1.22. The molecule has 1 amide bonds. The number of rotatable bonds is 2. The van der Waals surface area contributed by atoms with Gasteiger partial charge in [-0.2, -0.15) is 4.39 Å². The average Bonchev–Trinajstić information content (AvgIpc) is 2.60. The van der Waals surface area contributed by atoms with Crippen molar-refractivity contribution in [3.8, 4) is 0 Å². The molecular weight excluding hydrogens is 313 g/mol. The molecule has 0 aliphatic rings. The number of anilines is 2. The van der Waals surface area contributed by atoms with Gasteiger partial charge in [-0.3, -0.25) is 14.7 Å². The van der Waals surface area contributed by atoms with Gasteiger partial charge < -0.3 is 0 Å². The zero-order valence-electron chi connectivity index (χ0n) is 12.3. The molecule has 0 saturated carbocycles. The van der Waals surface area contributed by atoms with E-state index in [4.69, 9.17) is 0 Å². The summed E-state index contributed by atoms with van der Waals surface area (Å²) in [6, 6.07) is 16.4. The van der Waals surface area contributed by atoms with Crippen molar-refractivity contribution < 1.29 is 9.18 Å². The van der Waals surface area contributed by atoms with Crippen LogP contribution in [0.5, 0.6) is 0 Å². The van der Waals surface area contributed by atoms with E-state index in [-0.39, 0.29) is 0 Å². The summed E-state index contributed by atoms with van der Waals surface area (Å²) in [5, 5.41) is 0. The highest BCUT2D eigenvalue weighted by Crippen LogP contribution is 2.25. The molecule has 0 atom stereocenters. The first-order chi connectivity index (χ1) is 11.6. The monoisotopic (exact) mass is 325 g/mol. The summed E-state index contributed by atoms with van der Waals surface area (Å²) in [4.78, 5) is 38.9. The molecule has 0 fully saturated rings. The molecule has 0 radical (unpaired) electrons. The molecule has 1 heterocycles. The van der Waals surface area contributed by atoms with Crippen molar-refractivity contribution >= 4 is 17.4 Å². The summed E-state index contributed by atoms with van der Waals surface area (Å²) in [5.41, 5.74) is -1.20. The van der Waals surface area contributed by atoms with Crippen LogP contribution in [0.3, 0.4) is 0 Å². The predicted molar refractivity (Wildman–Crippen MR) is 87.1 cm³/mol. The van der Waals surface area contributed by atoms with Gasteiger partial charge in [0.25, 0.3) is 5.56 Å². The molecule has 0 saturated heterocycles. The van der Waals surface area contributed by atoms with Gasteiger partial charge in [0.1, 0.15) is 0 Å². The van der Waals surface area contributed by atoms with Crippen LogP contribution in [-0.4, -0.2) is 15.6 Å². The van der Waals surface area contributed by atoms with E-state index in [9.17, 15) is 18.8 Å². The first-order valence-corrected chi connectivity index (χ1v) is 7.04. The fourth-order valence-electron chi connectivity index (χ4n) is 2.22. The first kappa shape index (κ1) is 15.4. The highest BCUT2D eigenvalue weighted by Gasteiger charge is 2.21. The third-order valence-electron chi connectivity index (χ3n) is 3.32. The molecule has 1 aromatic heterocycles. The Balaban J connectivity index is 2.17. The number of hydrogen-bond donors (Lipinski definition) is 1. The van der Waals surface area contributed by atoms with Crippen LogP contribution in [0.1, 0.15) is 0 Å². The summed E-state index contributed by atoms with van der Waals surface area (Å²) in [5.74, 6) is -1.22. The number of aromatic amines is 1. The van der Waals surface area contributed by atoms with E-state index >= 15 is 0 Å². The largest absolute Gasteiger partial charge is 0.341 e. The van der Waals surface area contributed by atoms with Gasteiger partial charge in [-0.1, -0.05) is 36.4 Å². The Morgan fingerprint density at radius 3 is 1.92 bits per heavy atom. The number of hydrogen-bond acceptors (Lipinski definition) is 3. The maximum Gasteiger partial charge on any atom is 0.341 e. The Bertz CT molecular complexity index is 942. The molecule has 3 aromatic rings. The minimum absolute atomic E-state index is 0.493. The van der Waals surface area contributed by atoms with Gasteiger partial charge in [-0.25, -0.2) is 14.2 Å². The second-order valence-corrected chi connectivity index (χ2v) is 4.90. The second-order valence-electron chi connectivity index (χ2n) is 4.90. The Morgan fingerprint density at radius 1 is 0.917 bits per heavy atom. The van der Waals surface area contributed by atoms with E-state index in [1.54, 1.807) is 65.6 Å². The molecule has 0 aliphatic carbocycles. The van der Waals surface area contributed by atoms with Crippen molar-refractivity contribution in [2.45, 2.75) is 0 Å². The highest BCUT2D eigenvalue weighted by atomic mass is 19.1. The Labute approximate surface area is 135 Å².